The Labute approximate surface area is 230 Å². The Hall–Kier alpha value is -3.90. The van der Waals surface area contributed by atoms with E-state index >= 15 is 0 Å². The molecule has 4 aromatic rings. The number of rotatable bonds is 12. The van der Waals surface area contributed by atoms with Gasteiger partial charge in [0.2, 0.25) is 0 Å². The number of benzene rings is 4. The van der Waals surface area contributed by atoms with Crippen molar-refractivity contribution in [1.82, 2.24) is 0 Å². The molecule has 0 saturated heterocycles. The molecule has 0 bridgehead atoms. The summed E-state index contributed by atoms with van der Waals surface area (Å²) in [4.78, 5) is 0. The molecule has 0 fully saturated rings. The van der Waals surface area contributed by atoms with E-state index in [4.69, 9.17) is 23.7 Å². The van der Waals surface area contributed by atoms with E-state index in [0.717, 1.165) is 33.8 Å². The Bertz CT molecular complexity index is 1290. The Balaban J connectivity index is 1.39. The van der Waals surface area contributed by atoms with Crippen LogP contribution >= 0.6 is 0 Å². The van der Waals surface area contributed by atoms with Gasteiger partial charge in [0, 0.05) is 5.56 Å². The molecule has 0 radical (unpaired) electrons. The second kappa shape index (κ2) is 13.8. The maximum Gasteiger partial charge on any atom is 0.151 e. The highest BCUT2D eigenvalue weighted by Gasteiger charge is 2.37. The van der Waals surface area contributed by atoms with Gasteiger partial charge in [-0.15, -0.1) is 0 Å². The minimum Gasteiger partial charge on any atom is -0.497 e. The second-order valence-corrected chi connectivity index (χ2v) is 9.44. The molecule has 200 valence electrons. The highest BCUT2D eigenvalue weighted by atomic mass is 16.6. The smallest absolute Gasteiger partial charge is 0.151 e. The second-order valence-electron chi connectivity index (χ2n) is 9.44. The van der Waals surface area contributed by atoms with Gasteiger partial charge in [-0.25, -0.2) is 0 Å². The lowest BCUT2D eigenvalue weighted by molar-refractivity contribution is -0.141. The molecule has 0 spiro atoms. The molecule has 4 aromatic carbocycles. The number of hydrogen-bond donors (Lipinski definition) is 0. The molecule has 5 nitrogen and oxygen atoms in total. The normalized spacial score (nSPS) is 18.7. The Morgan fingerprint density at radius 2 is 1.15 bits per heavy atom. The molecule has 0 unspecified atom stereocenters. The van der Waals surface area contributed by atoms with Gasteiger partial charge in [-0.2, -0.15) is 0 Å². The predicted octanol–water partition coefficient (Wildman–Crippen LogP) is 6.82. The van der Waals surface area contributed by atoms with Crippen molar-refractivity contribution < 1.29 is 23.7 Å². The topological polar surface area (TPSA) is 46.2 Å². The third kappa shape index (κ3) is 7.58. The van der Waals surface area contributed by atoms with Crippen LogP contribution in [-0.4, -0.2) is 32.0 Å². The SMILES string of the molecule is COc1ccc(C2=C[C@@H](OCc3ccccc3)[C@H](OCc3ccccc3)[C@@H](COCc3ccccc3)O2)cc1. The molecule has 1 aliphatic rings. The summed E-state index contributed by atoms with van der Waals surface area (Å²) in [5, 5.41) is 0. The largest absolute Gasteiger partial charge is 0.497 e. The summed E-state index contributed by atoms with van der Waals surface area (Å²) in [6.45, 7) is 1.75. The van der Waals surface area contributed by atoms with Crippen molar-refractivity contribution in [2.75, 3.05) is 13.7 Å². The standard InChI is InChI=1S/C34H34O5/c1-35-30-19-17-29(18-20-30)31-21-32(37-23-27-13-7-3-8-14-27)34(38-24-28-15-9-4-10-16-28)33(39-31)25-36-22-26-11-5-2-6-12-26/h2-21,32-34H,22-25H2,1H3/t32-,33-,34+/m1/s1. The highest BCUT2D eigenvalue weighted by Crippen LogP contribution is 2.31. The minimum absolute atomic E-state index is 0.343. The lowest BCUT2D eigenvalue weighted by Gasteiger charge is -2.37. The van der Waals surface area contributed by atoms with Crippen LogP contribution in [0.2, 0.25) is 0 Å². The molecular formula is C34H34O5. The lowest BCUT2D eigenvalue weighted by atomic mass is 10.0. The molecule has 0 amide bonds. The first kappa shape index (κ1) is 26.7. The van der Waals surface area contributed by atoms with Gasteiger partial charge < -0.3 is 23.7 Å². The molecular weight excluding hydrogens is 488 g/mol. The average molecular weight is 523 g/mol. The van der Waals surface area contributed by atoms with Crippen molar-refractivity contribution >= 4 is 5.76 Å². The summed E-state index contributed by atoms with van der Waals surface area (Å²) < 4.78 is 31.1. The van der Waals surface area contributed by atoms with E-state index < -0.39 is 0 Å². The monoisotopic (exact) mass is 522 g/mol. The third-order valence-corrected chi connectivity index (χ3v) is 6.62. The first-order valence-electron chi connectivity index (χ1n) is 13.2. The van der Waals surface area contributed by atoms with Crippen LogP contribution in [0.25, 0.3) is 5.76 Å². The highest BCUT2D eigenvalue weighted by molar-refractivity contribution is 5.62. The molecule has 1 heterocycles. The van der Waals surface area contributed by atoms with Gasteiger partial charge in [0.05, 0.1) is 33.5 Å². The molecule has 1 aliphatic heterocycles. The van der Waals surface area contributed by atoms with Crippen molar-refractivity contribution in [3.63, 3.8) is 0 Å². The van der Waals surface area contributed by atoms with Crippen LogP contribution < -0.4 is 4.74 Å². The van der Waals surface area contributed by atoms with Crippen molar-refractivity contribution in [2.24, 2.45) is 0 Å². The molecule has 3 atom stereocenters. The van der Waals surface area contributed by atoms with E-state index in [-0.39, 0.29) is 18.3 Å². The Kier molecular flexibility index (Phi) is 9.42. The van der Waals surface area contributed by atoms with Gasteiger partial charge in [-0.05, 0) is 47.0 Å². The zero-order valence-electron chi connectivity index (χ0n) is 22.1. The van der Waals surface area contributed by atoms with Crippen LogP contribution in [0.3, 0.4) is 0 Å². The Morgan fingerprint density at radius 1 is 0.615 bits per heavy atom. The maximum atomic E-state index is 6.56. The molecule has 0 aliphatic carbocycles. The molecule has 0 N–H and O–H groups in total. The fraction of sp³-hybridized carbons (Fsp3) is 0.235. The summed E-state index contributed by atoms with van der Waals surface area (Å²) in [5.41, 5.74) is 4.24. The van der Waals surface area contributed by atoms with E-state index in [1.54, 1.807) is 7.11 Å². The third-order valence-electron chi connectivity index (χ3n) is 6.62. The zero-order valence-corrected chi connectivity index (χ0v) is 22.1. The first-order chi connectivity index (χ1) is 19.3. The first-order valence-corrected chi connectivity index (χ1v) is 13.2. The Morgan fingerprint density at radius 3 is 1.72 bits per heavy atom. The summed E-state index contributed by atoms with van der Waals surface area (Å²) in [5.74, 6) is 1.53. The quantitative estimate of drug-likeness (QED) is 0.204. The van der Waals surface area contributed by atoms with Gasteiger partial charge in [-0.3, -0.25) is 0 Å². The van der Waals surface area contributed by atoms with Crippen LogP contribution in [0, 0.1) is 0 Å². The lowest BCUT2D eigenvalue weighted by Crippen LogP contribution is -2.46. The van der Waals surface area contributed by atoms with Gasteiger partial charge in [-0.1, -0.05) is 91.0 Å². The fourth-order valence-electron chi connectivity index (χ4n) is 4.52. The van der Waals surface area contributed by atoms with Crippen molar-refractivity contribution in [2.45, 2.75) is 38.1 Å². The number of ether oxygens (including phenoxy) is 5. The van der Waals surface area contributed by atoms with Crippen LogP contribution in [0.5, 0.6) is 5.75 Å². The van der Waals surface area contributed by atoms with Crippen LogP contribution in [0.4, 0.5) is 0 Å². The van der Waals surface area contributed by atoms with Crippen molar-refractivity contribution in [1.29, 1.82) is 0 Å². The van der Waals surface area contributed by atoms with E-state index in [0.29, 0.717) is 26.4 Å². The molecule has 5 rings (SSSR count). The van der Waals surface area contributed by atoms with Crippen LogP contribution in [0.15, 0.2) is 121 Å². The fourth-order valence-corrected chi connectivity index (χ4v) is 4.52. The summed E-state index contributed by atoms with van der Waals surface area (Å²) in [6, 6.07) is 38.3. The van der Waals surface area contributed by atoms with Crippen LogP contribution in [0.1, 0.15) is 22.3 Å². The predicted molar refractivity (Wildman–Crippen MR) is 152 cm³/mol. The van der Waals surface area contributed by atoms with Crippen LogP contribution in [-0.2, 0) is 38.8 Å². The van der Waals surface area contributed by atoms with E-state index in [1.165, 1.54) is 0 Å². The molecule has 0 aromatic heterocycles. The molecule has 5 heteroatoms. The summed E-state index contributed by atoms with van der Waals surface area (Å²) in [7, 11) is 1.66. The maximum absolute atomic E-state index is 6.56. The van der Waals surface area contributed by atoms with Crippen molar-refractivity contribution in [3.05, 3.63) is 144 Å². The van der Waals surface area contributed by atoms with E-state index in [9.17, 15) is 0 Å². The van der Waals surface area contributed by atoms with E-state index in [1.807, 2.05) is 84.9 Å². The van der Waals surface area contributed by atoms with Gasteiger partial charge in [0.15, 0.2) is 6.10 Å². The molecule has 0 saturated carbocycles. The van der Waals surface area contributed by atoms with Crippen molar-refractivity contribution in [3.8, 4) is 5.75 Å². The molecule has 39 heavy (non-hydrogen) atoms. The average Bonchev–Trinajstić information content (AvgIpc) is 3.01. The van der Waals surface area contributed by atoms with Gasteiger partial charge in [0.25, 0.3) is 0 Å². The number of methoxy groups -OCH3 is 1. The van der Waals surface area contributed by atoms with E-state index in [2.05, 4.69) is 36.4 Å². The minimum atomic E-state index is -0.375. The van der Waals surface area contributed by atoms with Gasteiger partial charge >= 0.3 is 0 Å². The zero-order chi connectivity index (χ0) is 26.7. The summed E-state index contributed by atoms with van der Waals surface area (Å²) in [6.07, 6.45) is 0.936. The summed E-state index contributed by atoms with van der Waals surface area (Å²) >= 11 is 0. The van der Waals surface area contributed by atoms with Gasteiger partial charge in [0.1, 0.15) is 23.7 Å². The number of hydrogen-bond acceptors (Lipinski definition) is 5.